The number of Topliss-reactive ketones (excluding diaryl/α,β-unsaturated/α-hetero) is 1. The number of alkyl halides is 3. The second-order valence-electron chi connectivity index (χ2n) is 5.67. The van der Waals surface area contributed by atoms with Crippen LogP contribution in [0.4, 0.5) is 13.2 Å². The van der Waals surface area contributed by atoms with Crippen LogP contribution in [-0.4, -0.2) is 47.9 Å². The van der Waals surface area contributed by atoms with Gasteiger partial charge in [0.1, 0.15) is 11.6 Å². The normalized spacial score (nSPS) is 15.6. The molecule has 2 saturated heterocycles. The van der Waals surface area contributed by atoms with Crippen molar-refractivity contribution in [2.45, 2.75) is 31.9 Å². The number of halogens is 8. The first-order chi connectivity index (χ1) is 14.5. The Morgan fingerprint density at radius 3 is 1.68 bits per heavy atom. The van der Waals surface area contributed by atoms with Gasteiger partial charge in [-0.3, -0.25) is 4.79 Å². The molecule has 0 spiro atoms. The first-order valence-electron chi connectivity index (χ1n) is 8.51. The fourth-order valence-corrected chi connectivity index (χ4v) is 2.37. The Balaban J connectivity index is 0. The maximum absolute atomic E-state index is 12.0. The monoisotopic (exact) mass is 1080 g/mol. The summed E-state index contributed by atoms with van der Waals surface area (Å²) in [6.07, 6.45) is 3.72. The van der Waals surface area contributed by atoms with Gasteiger partial charge in [0.15, 0.2) is 0 Å². The second-order valence-corrected chi connectivity index (χ2v) is 52.8. The Bertz CT molecular complexity index is 640. The average molecular weight is 1080 g/mol. The number of hydrogen-bond donors (Lipinski definition) is 0. The molecule has 0 aliphatic carbocycles. The van der Waals surface area contributed by atoms with Crippen LogP contribution in [0, 0.1) is 22.7 Å². The van der Waals surface area contributed by atoms with Crippen molar-refractivity contribution in [3.8, 4) is 12.1 Å². The molecule has 0 atom stereocenters. The summed E-state index contributed by atoms with van der Waals surface area (Å²) >= 11 is 12.1. The molecule has 0 aromatic carbocycles. The molecule has 2 aliphatic rings. The molecule has 5 nitrogen and oxygen atoms in total. The first-order valence-corrected chi connectivity index (χ1v) is 31.0. The fraction of sp³-hybridized carbons (Fsp3) is 0.562. The number of rotatable bonds is 3. The van der Waals surface area contributed by atoms with Crippen molar-refractivity contribution in [1.82, 2.24) is 9.80 Å². The second kappa shape index (κ2) is 22.8. The van der Waals surface area contributed by atoms with Crippen molar-refractivity contribution in [3.05, 3.63) is 24.0 Å². The number of nitriles is 2. The molecule has 175 valence electrons. The summed E-state index contributed by atoms with van der Waals surface area (Å²) in [7, 11) is 0.628. The summed E-state index contributed by atoms with van der Waals surface area (Å²) in [5.74, 6) is -2.07. The minimum atomic E-state index is -4.97. The van der Waals surface area contributed by atoms with Crippen molar-refractivity contribution in [3.63, 3.8) is 0 Å². The number of carbonyl (C=O) groups excluding carboxylic acids is 1. The number of ketones is 1. The van der Waals surface area contributed by atoms with Gasteiger partial charge >= 0.3 is 120 Å². The topological polar surface area (TPSA) is 71.1 Å². The molecule has 0 saturated carbocycles. The summed E-state index contributed by atoms with van der Waals surface area (Å²) in [5.41, 5.74) is -0.843. The zero-order valence-electron chi connectivity index (χ0n) is 16.0. The van der Waals surface area contributed by atoms with Gasteiger partial charge in [0, 0.05) is 44.7 Å². The quantitative estimate of drug-likeness (QED) is 0.171. The van der Waals surface area contributed by atoms with E-state index in [4.69, 9.17) is 10.5 Å². The number of allylic oxidation sites excluding steroid dienone is 2. The molecule has 15 heteroatoms. The zero-order chi connectivity index (χ0) is 24.3. The number of likely N-dealkylation sites (tertiary alicyclic amines) is 2. The molecule has 0 aromatic rings. The molecule has 0 aromatic heterocycles. The van der Waals surface area contributed by atoms with Crippen molar-refractivity contribution >= 4 is 106 Å². The van der Waals surface area contributed by atoms with Crippen LogP contribution in [0.5, 0.6) is 0 Å². The van der Waals surface area contributed by atoms with E-state index in [1.54, 1.807) is 4.90 Å². The van der Waals surface area contributed by atoms with E-state index in [-0.39, 0.29) is 4.92 Å². The van der Waals surface area contributed by atoms with Gasteiger partial charge in [-0.25, -0.2) is 0 Å². The van der Waals surface area contributed by atoms with Gasteiger partial charge in [0.2, 0.25) is 0 Å². The van der Waals surface area contributed by atoms with E-state index >= 15 is 0 Å². The predicted octanol–water partition coefficient (Wildman–Crippen LogP) is 7.16. The number of nitrogens with zero attached hydrogens (tertiary/aromatic N) is 4. The Kier molecular flexibility index (Phi) is 26.1. The molecule has 2 fully saturated rings. The first kappa shape index (κ1) is 35.5. The van der Waals surface area contributed by atoms with Gasteiger partial charge in [-0.05, 0) is 25.7 Å². The van der Waals surface area contributed by atoms with Crippen LogP contribution in [0.25, 0.3) is 0 Å². The molecule has 0 amide bonds. The Morgan fingerprint density at radius 2 is 1.35 bits per heavy atom. The van der Waals surface area contributed by atoms with Gasteiger partial charge < -0.3 is 9.80 Å². The molecule has 0 N–H and O–H groups in total. The molecule has 2 rings (SSSR count). The van der Waals surface area contributed by atoms with Crippen molar-refractivity contribution < 1.29 is 32.4 Å². The summed E-state index contributed by atoms with van der Waals surface area (Å²) in [4.78, 5) is 14.2. The summed E-state index contributed by atoms with van der Waals surface area (Å²) < 4.78 is 36.0. The average Bonchev–Trinajstić information content (AvgIpc) is 3.38. The van der Waals surface area contributed by atoms with E-state index in [2.05, 4.69) is 105 Å². The summed E-state index contributed by atoms with van der Waals surface area (Å²) in [6.45, 7) is 3.43. The van der Waals surface area contributed by atoms with Crippen LogP contribution in [0.1, 0.15) is 25.7 Å². The van der Waals surface area contributed by atoms with Gasteiger partial charge in [0.25, 0.3) is 5.78 Å². The van der Waals surface area contributed by atoms with Crippen LogP contribution in [0.15, 0.2) is 24.0 Å². The van der Waals surface area contributed by atoms with Gasteiger partial charge in [0.05, 0.1) is 6.07 Å². The number of hydrogen-bond acceptors (Lipinski definition) is 5. The molecular weight excluding hydrogens is 1060 g/mol. The summed E-state index contributed by atoms with van der Waals surface area (Å²) in [5, 5.41) is 16.6. The van der Waals surface area contributed by atoms with Gasteiger partial charge in [-0.2, -0.15) is 23.7 Å². The Morgan fingerprint density at radius 1 is 0.968 bits per heavy atom. The van der Waals surface area contributed by atoms with E-state index in [9.17, 15) is 18.0 Å². The molecule has 31 heavy (non-hydrogen) atoms. The molecule has 0 radical (unpaired) electrons. The van der Waals surface area contributed by atoms with E-state index in [1.165, 1.54) is 25.0 Å². The SMILES string of the molecule is N#C/C=C\N1CCCC1.N#CC(=CN1CCCC1)C(=O)C(F)(F)F.[I][V]([I])[I].[I][V][I]. The van der Waals surface area contributed by atoms with Crippen molar-refractivity contribution in [2.75, 3.05) is 26.2 Å². The van der Waals surface area contributed by atoms with Gasteiger partial charge in [-0.1, -0.05) is 0 Å². The van der Waals surface area contributed by atoms with Crippen LogP contribution in [0.2, 0.25) is 0 Å². The van der Waals surface area contributed by atoms with E-state index < -0.39 is 17.5 Å². The maximum atomic E-state index is 12.0. The Hall–Kier alpha value is 2.34. The van der Waals surface area contributed by atoms with E-state index in [0.29, 0.717) is 22.6 Å². The third kappa shape index (κ3) is 22.5. The van der Waals surface area contributed by atoms with E-state index in [0.717, 1.165) is 32.1 Å². The standard InChI is InChI=1S/C9H9F3N2O.C7H10N2.5HI.2V/c10-9(11,12)8(15)7(5-13)6-14-3-1-2-4-14;8-4-3-7-9-5-1-2-6-9;;;;;;;/h6H,1-4H2;3,7H,1-2,5-6H2;5*1H;;/q;;;;;;;+2;+3/p-5/b;7-3-;;;;;;;. The third-order valence-corrected chi connectivity index (χ3v) is 3.58. The number of carbonyl (C=O) groups is 1. The van der Waals surface area contributed by atoms with Crippen LogP contribution in [0.3, 0.4) is 0 Å². The summed E-state index contributed by atoms with van der Waals surface area (Å²) in [6, 6.07) is 3.26. The van der Waals surface area contributed by atoms with Crippen molar-refractivity contribution in [2.24, 2.45) is 0 Å². The predicted molar refractivity (Wildman–Crippen MR) is 151 cm³/mol. The molecule has 0 unspecified atom stereocenters. The molecule has 2 heterocycles. The zero-order valence-corrected chi connectivity index (χ0v) is 29.6. The molecule has 2 aliphatic heterocycles. The fourth-order valence-electron chi connectivity index (χ4n) is 2.37. The van der Waals surface area contributed by atoms with Crippen LogP contribution >= 0.6 is 99.9 Å². The van der Waals surface area contributed by atoms with Crippen molar-refractivity contribution in [1.29, 1.82) is 10.5 Å². The van der Waals surface area contributed by atoms with E-state index in [1.807, 2.05) is 12.3 Å². The minimum absolute atomic E-state index is 0.278. The van der Waals surface area contributed by atoms with Gasteiger partial charge in [-0.15, -0.1) is 0 Å². The molecule has 0 bridgehead atoms. The van der Waals surface area contributed by atoms with Crippen LogP contribution < -0.4 is 0 Å². The third-order valence-electron chi connectivity index (χ3n) is 3.58. The molecular formula is C16H19F3I5N4OV2. The Labute approximate surface area is 248 Å². The van der Waals surface area contributed by atoms with Crippen LogP contribution in [-0.2, 0) is 19.2 Å².